The molecular formula is C13H15ClN2O2. The minimum atomic E-state index is -0.883. The molecule has 0 amide bonds. The molecule has 1 aromatic heterocycles. The quantitative estimate of drug-likeness (QED) is 0.895. The van der Waals surface area contributed by atoms with Gasteiger partial charge in [-0.1, -0.05) is 25.4 Å². The van der Waals surface area contributed by atoms with E-state index in [0.29, 0.717) is 16.5 Å². The first kappa shape index (κ1) is 14.3. The molecule has 0 aliphatic carbocycles. The SMILES string of the molecule is CC.O=C(O)Cc1cnc(-c2ccc(Cl)cc2)[nH]1. The summed E-state index contributed by atoms with van der Waals surface area (Å²) in [4.78, 5) is 17.5. The molecule has 0 saturated heterocycles. The molecule has 0 saturated carbocycles. The zero-order valence-corrected chi connectivity index (χ0v) is 11.0. The molecule has 0 spiro atoms. The zero-order chi connectivity index (χ0) is 13.5. The van der Waals surface area contributed by atoms with Crippen molar-refractivity contribution in [3.63, 3.8) is 0 Å². The Kier molecular flexibility index (Phi) is 5.39. The third kappa shape index (κ3) is 3.89. The predicted octanol–water partition coefficient (Wildman–Crippen LogP) is 3.38. The topological polar surface area (TPSA) is 66.0 Å². The highest BCUT2D eigenvalue weighted by Crippen LogP contribution is 2.18. The van der Waals surface area contributed by atoms with Gasteiger partial charge in [-0.3, -0.25) is 4.79 Å². The van der Waals surface area contributed by atoms with Gasteiger partial charge in [0.05, 0.1) is 6.42 Å². The fourth-order valence-electron chi connectivity index (χ4n) is 1.37. The van der Waals surface area contributed by atoms with Gasteiger partial charge in [-0.15, -0.1) is 0 Å². The second-order valence-corrected chi connectivity index (χ2v) is 3.77. The van der Waals surface area contributed by atoms with Crippen LogP contribution in [0.1, 0.15) is 19.5 Å². The summed E-state index contributed by atoms with van der Waals surface area (Å²) in [5.74, 6) is -0.237. The van der Waals surface area contributed by atoms with Crippen molar-refractivity contribution in [2.45, 2.75) is 20.3 Å². The summed E-state index contributed by atoms with van der Waals surface area (Å²) in [6.07, 6.45) is 1.47. The fourth-order valence-corrected chi connectivity index (χ4v) is 1.49. The van der Waals surface area contributed by atoms with Crippen LogP contribution in [0.4, 0.5) is 0 Å². The minimum Gasteiger partial charge on any atom is -0.481 e. The Morgan fingerprint density at radius 1 is 1.33 bits per heavy atom. The monoisotopic (exact) mass is 266 g/mol. The smallest absolute Gasteiger partial charge is 0.309 e. The maximum absolute atomic E-state index is 10.5. The van der Waals surface area contributed by atoms with Crippen molar-refractivity contribution < 1.29 is 9.90 Å². The number of benzene rings is 1. The van der Waals surface area contributed by atoms with Gasteiger partial charge >= 0.3 is 5.97 Å². The summed E-state index contributed by atoms with van der Waals surface area (Å²) in [5.41, 5.74) is 1.46. The Labute approximate surface area is 111 Å². The van der Waals surface area contributed by atoms with E-state index in [2.05, 4.69) is 9.97 Å². The number of carbonyl (C=O) groups is 1. The summed E-state index contributed by atoms with van der Waals surface area (Å²) < 4.78 is 0. The molecule has 96 valence electrons. The first-order valence-corrected chi connectivity index (χ1v) is 6.04. The van der Waals surface area contributed by atoms with E-state index >= 15 is 0 Å². The molecule has 0 radical (unpaired) electrons. The molecular weight excluding hydrogens is 252 g/mol. The number of carboxylic acids is 1. The molecule has 2 aromatic rings. The van der Waals surface area contributed by atoms with Crippen LogP contribution >= 0.6 is 11.6 Å². The number of carboxylic acid groups (broad SMARTS) is 1. The minimum absolute atomic E-state index is 0.0550. The Hall–Kier alpha value is -1.81. The molecule has 2 rings (SSSR count). The fraction of sp³-hybridized carbons (Fsp3) is 0.231. The number of aromatic nitrogens is 2. The molecule has 18 heavy (non-hydrogen) atoms. The van der Waals surface area contributed by atoms with Crippen LogP contribution in [0.5, 0.6) is 0 Å². The van der Waals surface area contributed by atoms with E-state index in [9.17, 15) is 4.79 Å². The summed E-state index contributed by atoms with van der Waals surface area (Å²) in [5, 5.41) is 9.27. The van der Waals surface area contributed by atoms with E-state index in [1.165, 1.54) is 6.20 Å². The summed E-state index contributed by atoms with van der Waals surface area (Å²) >= 11 is 5.76. The highest BCUT2D eigenvalue weighted by molar-refractivity contribution is 6.30. The van der Waals surface area contributed by atoms with E-state index < -0.39 is 5.97 Å². The molecule has 1 heterocycles. The molecule has 0 atom stereocenters. The third-order valence-corrected chi connectivity index (χ3v) is 2.34. The second-order valence-electron chi connectivity index (χ2n) is 3.33. The second kappa shape index (κ2) is 6.81. The van der Waals surface area contributed by atoms with Gasteiger partial charge in [0, 0.05) is 22.5 Å². The Morgan fingerprint density at radius 2 is 1.94 bits per heavy atom. The van der Waals surface area contributed by atoms with Gasteiger partial charge < -0.3 is 10.1 Å². The number of aliphatic carboxylic acids is 1. The number of hydrogen-bond donors (Lipinski definition) is 2. The van der Waals surface area contributed by atoms with Gasteiger partial charge in [-0.05, 0) is 24.3 Å². The summed E-state index contributed by atoms with van der Waals surface area (Å²) in [7, 11) is 0. The molecule has 0 bridgehead atoms. The van der Waals surface area contributed by atoms with Crippen molar-refractivity contribution in [2.24, 2.45) is 0 Å². The van der Waals surface area contributed by atoms with Gasteiger partial charge in [0.15, 0.2) is 0 Å². The molecule has 2 N–H and O–H groups in total. The van der Waals surface area contributed by atoms with Crippen LogP contribution in [0.25, 0.3) is 11.4 Å². The van der Waals surface area contributed by atoms with E-state index in [1.54, 1.807) is 12.1 Å². The first-order chi connectivity index (χ1) is 8.65. The molecule has 5 heteroatoms. The Balaban J connectivity index is 0.000000771. The molecule has 0 unspecified atom stereocenters. The number of nitrogens with zero attached hydrogens (tertiary/aromatic N) is 1. The maximum atomic E-state index is 10.5. The number of imidazole rings is 1. The maximum Gasteiger partial charge on any atom is 0.309 e. The number of rotatable bonds is 3. The standard InChI is InChI=1S/C11H9ClN2O2.C2H6/c12-8-3-1-7(2-4-8)11-13-6-9(14-11)5-10(15)16;1-2/h1-4,6H,5H2,(H,13,14)(H,15,16);1-2H3. The first-order valence-electron chi connectivity index (χ1n) is 5.67. The van der Waals surface area contributed by atoms with Crippen LogP contribution in [0, 0.1) is 0 Å². The number of hydrogen-bond acceptors (Lipinski definition) is 2. The van der Waals surface area contributed by atoms with Crippen LogP contribution in [0.3, 0.4) is 0 Å². The molecule has 0 aliphatic heterocycles. The lowest BCUT2D eigenvalue weighted by Crippen LogP contribution is -1.99. The van der Waals surface area contributed by atoms with E-state index in [0.717, 1.165) is 5.56 Å². The van der Waals surface area contributed by atoms with E-state index in [-0.39, 0.29) is 6.42 Å². The average molecular weight is 267 g/mol. The average Bonchev–Trinajstić information content (AvgIpc) is 2.80. The van der Waals surface area contributed by atoms with E-state index in [1.807, 2.05) is 26.0 Å². The predicted molar refractivity (Wildman–Crippen MR) is 71.7 cm³/mol. The van der Waals surface area contributed by atoms with Crippen molar-refractivity contribution in [3.05, 3.63) is 41.2 Å². The van der Waals surface area contributed by atoms with Gasteiger partial charge in [-0.25, -0.2) is 4.98 Å². The normalized spacial score (nSPS) is 9.50. The van der Waals surface area contributed by atoms with Gasteiger partial charge in [0.1, 0.15) is 5.82 Å². The number of nitrogens with one attached hydrogen (secondary N) is 1. The van der Waals surface area contributed by atoms with E-state index in [4.69, 9.17) is 16.7 Å². The zero-order valence-electron chi connectivity index (χ0n) is 10.3. The van der Waals surface area contributed by atoms with Crippen LogP contribution < -0.4 is 0 Å². The number of aromatic amines is 1. The van der Waals surface area contributed by atoms with Crippen molar-refractivity contribution >= 4 is 17.6 Å². The van der Waals surface area contributed by atoms with Crippen LogP contribution in [0.15, 0.2) is 30.5 Å². The van der Waals surface area contributed by atoms with Crippen LogP contribution in [-0.2, 0) is 11.2 Å². The number of halogens is 1. The molecule has 0 aliphatic rings. The largest absolute Gasteiger partial charge is 0.481 e. The van der Waals surface area contributed by atoms with Crippen molar-refractivity contribution in [3.8, 4) is 11.4 Å². The lowest BCUT2D eigenvalue weighted by molar-refractivity contribution is -0.136. The molecule has 1 aromatic carbocycles. The lowest BCUT2D eigenvalue weighted by Gasteiger charge is -1.96. The highest BCUT2D eigenvalue weighted by atomic mass is 35.5. The third-order valence-electron chi connectivity index (χ3n) is 2.09. The Bertz CT molecular complexity index is 506. The van der Waals surface area contributed by atoms with Gasteiger partial charge in [0.25, 0.3) is 0 Å². The summed E-state index contributed by atoms with van der Waals surface area (Å²) in [6.45, 7) is 4.00. The van der Waals surface area contributed by atoms with Crippen molar-refractivity contribution in [1.29, 1.82) is 0 Å². The number of H-pyrrole nitrogens is 1. The molecule has 4 nitrogen and oxygen atoms in total. The van der Waals surface area contributed by atoms with Gasteiger partial charge in [0.2, 0.25) is 0 Å². The van der Waals surface area contributed by atoms with Crippen molar-refractivity contribution in [2.75, 3.05) is 0 Å². The van der Waals surface area contributed by atoms with Gasteiger partial charge in [-0.2, -0.15) is 0 Å². The van der Waals surface area contributed by atoms with Crippen LogP contribution in [-0.4, -0.2) is 21.0 Å². The highest BCUT2D eigenvalue weighted by Gasteiger charge is 2.06. The summed E-state index contributed by atoms with van der Waals surface area (Å²) in [6, 6.07) is 7.17. The molecule has 0 fully saturated rings. The lowest BCUT2D eigenvalue weighted by atomic mass is 10.2. The van der Waals surface area contributed by atoms with Crippen LogP contribution in [0.2, 0.25) is 5.02 Å². The van der Waals surface area contributed by atoms with Crippen molar-refractivity contribution in [1.82, 2.24) is 9.97 Å². The Morgan fingerprint density at radius 3 is 2.50 bits per heavy atom.